The first-order valence-corrected chi connectivity index (χ1v) is 6.97. The maximum atomic E-state index is 13.2. The molecule has 2 aromatic carbocycles. The average molecular weight is 313 g/mol. The minimum Gasteiger partial charge on any atom is -0.330 e. The van der Waals surface area contributed by atoms with Crippen LogP contribution in [-0.4, -0.2) is 4.98 Å². The lowest BCUT2D eigenvalue weighted by Gasteiger charge is -2.04. The Morgan fingerprint density at radius 3 is 2.79 bits per heavy atom. The summed E-state index contributed by atoms with van der Waals surface area (Å²) in [6, 6.07) is 9.61. The summed E-state index contributed by atoms with van der Waals surface area (Å²) in [6.07, 6.45) is 0. The lowest BCUT2D eigenvalue weighted by molar-refractivity contribution is 0.628. The fourth-order valence-electron chi connectivity index (χ4n) is 1.66. The van der Waals surface area contributed by atoms with Crippen LogP contribution in [0.2, 0.25) is 10.0 Å². The van der Waals surface area contributed by atoms with E-state index in [1.54, 1.807) is 6.07 Å². The van der Waals surface area contributed by atoms with Crippen molar-refractivity contribution in [1.29, 1.82) is 0 Å². The van der Waals surface area contributed by atoms with Gasteiger partial charge in [-0.1, -0.05) is 34.5 Å². The monoisotopic (exact) mass is 312 g/mol. The van der Waals surface area contributed by atoms with Crippen molar-refractivity contribution >= 4 is 55.6 Å². The van der Waals surface area contributed by atoms with Crippen LogP contribution in [0.5, 0.6) is 0 Å². The summed E-state index contributed by atoms with van der Waals surface area (Å²) in [5.74, 6) is -0.351. The summed E-state index contributed by atoms with van der Waals surface area (Å²) < 4.78 is 14.1. The van der Waals surface area contributed by atoms with E-state index in [1.807, 2.05) is 12.1 Å². The van der Waals surface area contributed by atoms with Crippen LogP contribution in [0.3, 0.4) is 0 Å². The van der Waals surface area contributed by atoms with Gasteiger partial charge >= 0.3 is 0 Å². The molecule has 0 aliphatic heterocycles. The topological polar surface area (TPSA) is 24.9 Å². The van der Waals surface area contributed by atoms with E-state index in [0.29, 0.717) is 20.9 Å². The van der Waals surface area contributed by atoms with Crippen LogP contribution in [0.1, 0.15) is 0 Å². The van der Waals surface area contributed by atoms with Gasteiger partial charge in [0.25, 0.3) is 0 Å². The highest BCUT2D eigenvalue weighted by Gasteiger charge is 2.07. The number of fused-ring (bicyclic) bond motifs is 1. The van der Waals surface area contributed by atoms with E-state index >= 15 is 0 Å². The molecule has 0 aliphatic rings. The minimum absolute atomic E-state index is 0.351. The van der Waals surface area contributed by atoms with Crippen molar-refractivity contribution in [3.8, 4) is 0 Å². The third-order valence-electron chi connectivity index (χ3n) is 2.52. The Labute approximate surface area is 122 Å². The molecule has 19 heavy (non-hydrogen) atoms. The van der Waals surface area contributed by atoms with E-state index in [0.717, 1.165) is 10.2 Å². The van der Waals surface area contributed by atoms with Gasteiger partial charge in [-0.3, -0.25) is 0 Å². The summed E-state index contributed by atoms with van der Waals surface area (Å²) in [7, 11) is 0. The van der Waals surface area contributed by atoms with Gasteiger partial charge in [0.05, 0.1) is 20.9 Å². The number of anilines is 2. The van der Waals surface area contributed by atoms with Gasteiger partial charge in [-0.15, -0.1) is 0 Å². The number of hydrogen-bond donors (Lipinski definition) is 1. The molecule has 0 saturated heterocycles. The standard InChI is InChI=1S/C13H7Cl2FN2S/c14-7-1-4-10-12(5-7)19-13(17-10)18-11-6-8(16)2-3-9(11)15/h1-6H,(H,17,18). The zero-order chi connectivity index (χ0) is 13.4. The number of nitrogens with one attached hydrogen (secondary N) is 1. The van der Waals surface area contributed by atoms with Crippen molar-refractivity contribution in [2.45, 2.75) is 0 Å². The van der Waals surface area contributed by atoms with Crippen molar-refractivity contribution < 1.29 is 4.39 Å². The van der Waals surface area contributed by atoms with Crippen LogP contribution in [-0.2, 0) is 0 Å². The lowest BCUT2D eigenvalue weighted by Crippen LogP contribution is -1.91. The molecule has 0 amide bonds. The predicted molar refractivity (Wildman–Crippen MR) is 79.3 cm³/mol. The largest absolute Gasteiger partial charge is 0.330 e. The Balaban J connectivity index is 1.98. The molecule has 0 atom stereocenters. The van der Waals surface area contributed by atoms with Gasteiger partial charge in [-0.25, -0.2) is 9.37 Å². The number of aromatic nitrogens is 1. The normalized spacial score (nSPS) is 10.9. The van der Waals surface area contributed by atoms with Crippen molar-refractivity contribution in [2.75, 3.05) is 5.32 Å². The highest BCUT2D eigenvalue weighted by molar-refractivity contribution is 7.22. The number of thiazole rings is 1. The molecule has 0 radical (unpaired) electrons. The van der Waals surface area contributed by atoms with Gasteiger partial charge < -0.3 is 5.32 Å². The Kier molecular flexibility index (Phi) is 3.31. The summed E-state index contributed by atoms with van der Waals surface area (Å²) in [4.78, 5) is 4.39. The maximum Gasteiger partial charge on any atom is 0.188 e. The smallest absolute Gasteiger partial charge is 0.188 e. The molecule has 1 aromatic heterocycles. The van der Waals surface area contributed by atoms with Gasteiger partial charge in [0.15, 0.2) is 5.13 Å². The number of nitrogens with zero attached hydrogens (tertiary/aromatic N) is 1. The summed E-state index contributed by atoms with van der Waals surface area (Å²) in [5, 5.41) is 4.76. The molecule has 96 valence electrons. The maximum absolute atomic E-state index is 13.2. The second-order valence-corrected chi connectivity index (χ2v) is 5.75. The second kappa shape index (κ2) is 4.96. The number of halogens is 3. The molecule has 3 rings (SSSR count). The van der Waals surface area contributed by atoms with Gasteiger partial charge in [-0.2, -0.15) is 0 Å². The number of rotatable bonds is 2. The third kappa shape index (κ3) is 2.66. The van der Waals surface area contributed by atoms with Gasteiger partial charge in [0.1, 0.15) is 5.82 Å². The molecular weight excluding hydrogens is 306 g/mol. The molecule has 0 spiro atoms. The number of hydrogen-bond acceptors (Lipinski definition) is 3. The second-order valence-electron chi connectivity index (χ2n) is 3.88. The fourth-order valence-corrected chi connectivity index (χ4v) is 2.98. The van der Waals surface area contributed by atoms with Crippen molar-refractivity contribution in [3.63, 3.8) is 0 Å². The van der Waals surface area contributed by atoms with Crippen LogP contribution in [0, 0.1) is 5.82 Å². The van der Waals surface area contributed by atoms with Gasteiger partial charge in [0, 0.05) is 5.02 Å². The zero-order valence-corrected chi connectivity index (χ0v) is 11.8. The van der Waals surface area contributed by atoms with E-state index < -0.39 is 0 Å². The van der Waals surface area contributed by atoms with Crippen LogP contribution in [0.15, 0.2) is 36.4 Å². The van der Waals surface area contributed by atoms with Crippen LogP contribution in [0.25, 0.3) is 10.2 Å². The molecule has 0 bridgehead atoms. The fraction of sp³-hybridized carbons (Fsp3) is 0. The van der Waals surface area contributed by atoms with Crippen LogP contribution < -0.4 is 5.32 Å². The Bertz CT molecular complexity index is 757. The molecule has 2 nitrogen and oxygen atoms in total. The Morgan fingerprint density at radius 1 is 1.11 bits per heavy atom. The van der Waals surface area contributed by atoms with Gasteiger partial charge in [-0.05, 0) is 36.4 Å². The van der Waals surface area contributed by atoms with E-state index in [2.05, 4.69) is 10.3 Å². The number of benzene rings is 2. The van der Waals surface area contributed by atoms with Crippen molar-refractivity contribution in [3.05, 3.63) is 52.3 Å². The SMILES string of the molecule is Fc1ccc(Cl)c(Nc2nc3ccc(Cl)cc3s2)c1. The summed E-state index contributed by atoms with van der Waals surface area (Å²) in [5.41, 5.74) is 1.33. The average Bonchev–Trinajstić information content (AvgIpc) is 2.75. The van der Waals surface area contributed by atoms with Crippen LogP contribution in [0.4, 0.5) is 15.2 Å². The summed E-state index contributed by atoms with van der Waals surface area (Å²) in [6.45, 7) is 0. The summed E-state index contributed by atoms with van der Waals surface area (Å²) >= 11 is 13.4. The Morgan fingerprint density at radius 2 is 1.95 bits per heavy atom. The molecule has 0 saturated carbocycles. The lowest BCUT2D eigenvalue weighted by atomic mass is 10.3. The molecule has 0 aliphatic carbocycles. The predicted octanol–water partition coefficient (Wildman–Crippen LogP) is 5.49. The van der Waals surface area contributed by atoms with Gasteiger partial charge in [0.2, 0.25) is 0 Å². The molecule has 1 heterocycles. The third-order valence-corrected chi connectivity index (χ3v) is 4.02. The molecule has 0 fully saturated rings. The Hall–Kier alpha value is -1.36. The molecular formula is C13H7Cl2FN2S. The van der Waals surface area contributed by atoms with E-state index in [4.69, 9.17) is 23.2 Å². The molecule has 6 heteroatoms. The molecule has 1 N–H and O–H groups in total. The van der Waals surface area contributed by atoms with Crippen LogP contribution >= 0.6 is 34.5 Å². The minimum atomic E-state index is -0.351. The van der Waals surface area contributed by atoms with E-state index in [1.165, 1.54) is 29.5 Å². The zero-order valence-electron chi connectivity index (χ0n) is 9.45. The first kappa shape index (κ1) is 12.7. The van der Waals surface area contributed by atoms with E-state index in [-0.39, 0.29) is 5.82 Å². The highest BCUT2D eigenvalue weighted by atomic mass is 35.5. The van der Waals surface area contributed by atoms with Crippen molar-refractivity contribution in [1.82, 2.24) is 4.98 Å². The first-order chi connectivity index (χ1) is 9.11. The first-order valence-electron chi connectivity index (χ1n) is 5.40. The molecule has 3 aromatic rings. The quantitative estimate of drug-likeness (QED) is 0.677. The molecule has 0 unspecified atom stereocenters. The van der Waals surface area contributed by atoms with Crippen molar-refractivity contribution in [2.24, 2.45) is 0 Å². The van der Waals surface area contributed by atoms with E-state index in [9.17, 15) is 4.39 Å². The highest BCUT2D eigenvalue weighted by Crippen LogP contribution is 2.32.